The minimum Gasteiger partial charge on any atom is -0.352 e. The molecule has 35 heavy (non-hydrogen) atoms. The molecule has 1 atom stereocenters. The summed E-state index contributed by atoms with van der Waals surface area (Å²) in [6, 6.07) is 25.1. The van der Waals surface area contributed by atoms with E-state index in [0.29, 0.717) is 37.0 Å². The number of carbonyl (C=O) groups is 1. The SMILES string of the molecule is O=C(NCc1ccccc1Cl)C1CCCN(c2nc3ccccc3n(Cc3ccccc3)c2=O)C1. The van der Waals surface area contributed by atoms with Gasteiger partial charge >= 0.3 is 0 Å². The molecular weight excluding hydrogens is 460 g/mol. The van der Waals surface area contributed by atoms with Gasteiger partial charge in [0.25, 0.3) is 5.56 Å². The summed E-state index contributed by atoms with van der Waals surface area (Å²) in [7, 11) is 0. The molecule has 1 saturated heterocycles. The van der Waals surface area contributed by atoms with Crippen molar-refractivity contribution in [1.82, 2.24) is 14.9 Å². The van der Waals surface area contributed by atoms with Crippen LogP contribution in [0.15, 0.2) is 83.7 Å². The molecule has 0 spiro atoms. The fourth-order valence-electron chi connectivity index (χ4n) is 4.66. The van der Waals surface area contributed by atoms with Gasteiger partial charge in [0.2, 0.25) is 5.91 Å². The van der Waals surface area contributed by atoms with Gasteiger partial charge in [0.1, 0.15) is 0 Å². The highest BCUT2D eigenvalue weighted by molar-refractivity contribution is 6.31. The molecule has 0 bridgehead atoms. The summed E-state index contributed by atoms with van der Waals surface area (Å²) in [4.78, 5) is 33.4. The second-order valence-electron chi connectivity index (χ2n) is 8.90. The fourth-order valence-corrected chi connectivity index (χ4v) is 4.86. The van der Waals surface area contributed by atoms with E-state index in [9.17, 15) is 9.59 Å². The maximum Gasteiger partial charge on any atom is 0.294 e. The molecule has 3 aromatic carbocycles. The molecule has 1 unspecified atom stereocenters. The molecule has 1 amide bonds. The number of aromatic nitrogens is 2. The third kappa shape index (κ3) is 5.08. The molecule has 1 N–H and O–H groups in total. The second kappa shape index (κ2) is 10.3. The van der Waals surface area contributed by atoms with Gasteiger partial charge in [0.05, 0.1) is 23.5 Å². The number of nitrogens with one attached hydrogen (secondary N) is 1. The summed E-state index contributed by atoms with van der Waals surface area (Å²) < 4.78 is 1.79. The molecule has 5 rings (SSSR count). The number of carbonyl (C=O) groups excluding carboxylic acids is 1. The number of amides is 1. The van der Waals surface area contributed by atoms with Crippen LogP contribution in [-0.2, 0) is 17.9 Å². The predicted molar refractivity (Wildman–Crippen MR) is 140 cm³/mol. The topological polar surface area (TPSA) is 67.2 Å². The minimum absolute atomic E-state index is 0.0278. The molecule has 7 heteroatoms. The van der Waals surface area contributed by atoms with Gasteiger partial charge in [-0.3, -0.25) is 14.2 Å². The number of anilines is 1. The molecular formula is C28H27ClN4O2. The molecule has 2 heterocycles. The summed E-state index contributed by atoms with van der Waals surface area (Å²) in [5, 5.41) is 3.65. The molecule has 0 radical (unpaired) electrons. The number of hydrogen-bond acceptors (Lipinski definition) is 4. The van der Waals surface area contributed by atoms with Crippen molar-refractivity contribution in [1.29, 1.82) is 0 Å². The van der Waals surface area contributed by atoms with Crippen LogP contribution in [0, 0.1) is 5.92 Å². The smallest absolute Gasteiger partial charge is 0.294 e. The zero-order chi connectivity index (χ0) is 24.2. The lowest BCUT2D eigenvalue weighted by molar-refractivity contribution is -0.125. The van der Waals surface area contributed by atoms with Crippen molar-refractivity contribution < 1.29 is 4.79 Å². The van der Waals surface area contributed by atoms with E-state index in [1.54, 1.807) is 4.57 Å². The number of para-hydroxylation sites is 2. The van der Waals surface area contributed by atoms with Crippen LogP contribution in [0.25, 0.3) is 11.0 Å². The number of halogens is 1. The van der Waals surface area contributed by atoms with Crippen LogP contribution in [0.5, 0.6) is 0 Å². The summed E-state index contributed by atoms with van der Waals surface area (Å²) in [5.41, 5.74) is 3.37. The van der Waals surface area contributed by atoms with E-state index in [1.165, 1.54) is 0 Å². The maximum atomic E-state index is 13.7. The number of nitrogens with zero attached hydrogens (tertiary/aromatic N) is 3. The van der Waals surface area contributed by atoms with Gasteiger partial charge in [-0.2, -0.15) is 0 Å². The third-order valence-electron chi connectivity index (χ3n) is 6.52. The van der Waals surface area contributed by atoms with Crippen LogP contribution >= 0.6 is 11.6 Å². The van der Waals surface area contributed by atoms with Gasteiger partial charge in [-0.25, -0.2) is 4.98 Å². The molecule has 178 valence electrons. The number of piperidine rings is 1. The van der Waals surface area contributed by atoms with Crippen LogP contribution in [-0.4, -0.2) is 28.5 Å². The average Bonchev–Trinajstić information content (AvgIpc) is 2.90. The van der Waals surface area contributed by atoms with Crippen molar-refractivity contribution in [2.45, 2.75) is 25.9 Å². The first-order valence-corrected chi connectivity index (χ1v) is 12.3. The van der Waals surface area contributed by atoms with Crippen molar-refractivity contribution in [2.75, 3.05) is 18.0 Å². The first kappa shape index (κ1) is 23.1. The van der Waals surface area contributed by atoms with E-state index in [4.69, 9.17) is 16.6 Å². The first-order chi connectivity index (χ1) is 17.1. The Balaban J connectivity index is 1.39. The Morgan fingerprint density at radius 2 is 1.74 bits per heavy atom. The highest BCUT2D eigenvalue weighted by atomic mass is 35.5. The molecule has 1 aromatic heterocycles. The zero-order valence-corrected chi connectivity index (χ0v) is 20.1. The van der Waals surface area contributed by atoms with Crippen molar-refractivity contribution >= 4 is 34.4 Å². The van der Waals surface area contributed by atoms with Crippen LogP contribution in [0.2, 0.25) is 5.02 Å². The van der Waals surface area contributed by atoms with Gasteiger partial charge in [0.15, 0.2) is 5.82 Å². The molecule has 6 nitrogen and oxygen atoms in total. The normalized spacial score (nSPS) is 15.8. The van der Waals surface area contributed by atoms with Gasteiger partial charge in [0, 0.05) is 24.7 Å². The van der Waals surface area contributed by atoms with E-state index in [0.717, 1.165) is 35.0 Å². The summed E-state index contributed by atoms with van der Waals surface area (Å²) in [6.07, 6.45) is 1.59. The third-order valence-corrected chi connectivity index (χ3v) is 6.89. The molecule has 0 saturated carbocycles. The first-order valence-electron chi connectivity index (χ1n) is 11.9. The highest BCUT2D eigenvalue weighted by Crippen LogP contribution is 2.23. The van der Waals surface area contributed by atoms with Crippen molar-refractivity contribution in [3.8, 4) is 0 Å². The molecule has 1 aliphatic heterocycles. The number of benzene rings is 3. The predicted octanol–water partition coefficient (Wildman–Crippen LogP) is 4.63. The van der Waals surface area contributed by atoms with E-state index in [2.05, 4.69) is 5.32 Å². The largest absolute Gasteiger partial charge is 0.352 e. The fraction of sp³-hybridized carbons (Fsp3) is 0.250. The Labute approximate surface area is 209 Å². The van der Waals surface area contributed by atoms with E-state index < -0.39 is 0 Å². The lowest BCUT2D eigenvalue weighted by atomic mass is 9.97. The van der Waals surface area contributed by atoms with E-state index >= 15 is 0 Å². The Hall–Kier alpha value is -3.64. The summed E-state index contributed by atoms with van der Waals surface area (Å²) in [5.74, 6) is 0.157. The molecule has 1 fully saturated rings. The molecule has 0 aliphatic carbocycles. The quantitative estimate of drug-likeness (QED) is 0.431. The van der Waals surface area contributed by atoms with Gasteiger partial charge < -0.3 is 10.2 Å². The van der Waals surface area contributed by atoms with Crippen molar-refractivity contribution in [2.24, 2.45) is 5.92 Å². The van der Waals surface area contributed by atoms with Gasteiger partial charge in [-0.15, -0.1) is 0 Å². The van der Waals surface area contributed by atoms with Crippen LogP contribution < -0.4 is 15.8 Å². The Morgan fingerprint density at radius 1 is 1.00 bits per heavy atom. The zero-order valence-electron chi connectivity index (χ0n) is 19.4. The average molecular weight is 487 g/mol. The standard InChI is InChI=1S/C28H27ClN4O2/c29-23-13-5-4-11-21(23)17-30-27(34)22-12-8-16-32(19-22)26-28(35)33(18-20-9-2-1-3-10-20)25-15-7-6-14-24(25)31-26/h1-7,9-11,13-15,22H,8,12,16-19H2,(H,30,34). The van der Waals surface area contributed by atoms with Crippen molar-refractivity contribution in [3.05, 3.63) is 105 Å². The van der Waals surface area contributed by atoms with E-state index in [1.807, 2.05) is 83.8 Å². The van der Waals surface area contributed by atoms with E-state index in [-0.39, 0.29) is 17.4 Å². The lowest BCUT2D eigenvalue weighted by Gasteiger charge is -2.33. The van der Waals surface area contributed by atoms with Gasteiger partial charge in [-0.1, -0.05) is 72.3 Å². The Morgan fingerprint density at radius 3 is 2.57 bits per heavy atom. The van der Waals surface area contributed by atoms with Crippen molar-refractivity contribution in [3.63, 3.8) is 0 Å². The molecule has 1 aliphatic rings. The minimum atomic E-state index is -0.221. The summed E-state index contributed by atoms with van der Waals surface area (Å²) >= 11 is 6.23. The second-order valence-corrected chi connectivity index (χ2v) is 9.30. The van der Waals surface area contributed by atoms with Gasteiger partial charge in [-0.05, 0) is 42.2 Å². The Kier molecular flexibility index (Phi) is 6.82. The number of fused-ring (bicyclic) bond motifs is 1. The number of rotatable bonds is 6. The van der Waals surface area contributed by atoms with Crippen LogP contribution in [0.1, 0.15) is 24.0 Å². The summed E-state index contributed by atoms with van der Waals surface area (Å²) in [6.45, 7) is 2.00. The Bertz CT molecular complexity index is 1400. The monoisotopic (exact) mass is 486 g/mol. The van der Waals surface area contributed by atoms with Crippen LogP contribution in [0.4, 0.5) is 5.82 Å². The number of hydrogen-bond donors (Lipinski definition) is 1. The maximum absolute atomic E-state index is 13.7. The molecule has 4 aromatic rings. The highest BCUT2D eigenvalue weighted by Gasteiger charge is 2.28. The van der Waals surface area contributed by atoms with Crippen LogP contribution in [0.3, 0.4) is 0 Å². The lowest BCUT2D eigenvalue weighted by Crippen LogP contribution is -2.45.